The fourth-order valence-corrected chi connectivity index (χ4v) is 3.35. The molecular weight excluding hydrogens is 244 g/mol. The predicted octanol–water partition coefficient (Wildman–Crippen LogP) is -1.11. The minimum atomic E-state index is -0.989. The average molecular weight is 258 g/mol. The molecule has 1 fully saturated rings. The molecule has 1 unspecified atom stereocenters. The predicted molar refractivity (Wildman–Crippen MR) is 63.2 cm³/mol. The van der Waals surface area contributed by atoms with Gasteiger partial charge in [0.2, 0.25) is 0 Å². The van der Waals surface area contributed by atoms with Gasteiger partial charge in [0.05, 0.1) is 29.3 Å². The van der Waals surface area contributed by atoms with Gasteiger partial charge >= 0.3 is 6.03 Å². The van der Waals surface area contributed by atoms with Crippen molar-refractivity contribution in [2.24, 2.45) is 0 Å². The molecule has 17 heavy (non-hydrogen) atoms. The number of nitrogens with one attached hydrogen (secondary N) is 2. The highest BCUT2D eigenvalue weighted by atomic mass is 32.2. The van der Waals surface area contributed by atoms with Crippen molar-refractivity contribution < 1.29 is 20.1 Å². The van der Waals surface area contributed by atoms with Crippen molar-refractivity contribution in [2.45, 2.75) is 22.7 Å². The van der Waals surface area contributed by atoms with E-state index in [4.69, 9.17) is 5.11 Å². The van der Waals surface area contributed by atoms with E-state index in [1.807, 2.05) is 0 Å². The van der Waals surface area contributed by atoms with E-state index in [0.717, 1.165) is 0 Å². The molecule has 5 N–H and O–H groups in total. The zero-order valence-electron chi connectivity index (χ0n) is 8.96. The maximum Gasteiger partial charge on any atom is 0.323 e. The molecule has 0 aromatic rings. The molecule has 94 valence electrons. The molecule has 0 aromatic carbocycles. The van der Waals surface area contributed by atoms with E-state index in [1.165, 1.54) is 18.0 Å². The summed E-state index contributed by atoms with van der Waals surface area (Å²) in [5.74, 6) is 0. The summed E-state index contributed by atoms with van der Waals surface area (Å²) in [6.45, 7) is 3.48. The van der Waals surface area contributed by atoms with Gasteiger partial charge in [-0.1, -0.05) is 6.58 Å². The van der Waals surface area contributed by atoms with Crippen LogP contribution in [0.1, 0.15) is 0 Å². The quantitative estimate of drug-likeness (QED) is 0.432. The van der Waals surface area contributed by atoms with Crippen LogP contribution < -0.4 is 10.6 Å². The van der Waals surface area contributed by atoms with E-state index in [1.54, 1.807) is 0 Å². The first-order chi connectivity index (χ1) is 8.04. The fourth-order valence-electron chi connectivity index (χ4n) is 1.89. The molecule has 7 heteroatoms. The fraction of sp³-hybridized carbons (Fsp3) is 0.500. The molecule has 4 atom stereocenters. The number of rotatable bonds is 2. The summed E-state index contributed by atoms with van der Waals surface area (Å²) < 4.78 is 0. The molecule has 0 aromatic heterocycles. The highest BCUT2D eigenvalue weighted by molar-refractivity contribution is 8.01. The Kier molecular flexibility index (Phi) is 3.43. The molecule has 2 heterocycles. The van der Waals surface area contributed by atoms with E-state index in [2.05, 4.69) is 17.2 Å². The second kappa shape index (κ2) is 4.69. The standard InChI is InChI=1S/C10H14N2O4S/c1-4-5(2-11-10(16)12-4)9-8(15)7(14)6(3-13)17-9/h2,6-9,13-15H,1,3H2,(H2,11,12,16)/t6-,7?,8+,9+/m1/s1. The number of carbonyl (C=O) groups is 1. The Morgan fingerprint density at radius 1 is 1.41 bits per heavy atom. The van der Waals surface area contributed by atoms with Crippen molar-refractivity contribution in [3.05, 3.63) is 24.0 Å². The zero-order chi connectivity index (χ0) is 12.6. The minimum absolute atomic E-state index is 0.209. The molecule has 2 aliphatic rings. The smallest absolute Gasteiger partial charge is 0.323 e. The highest BCUT2D eigenvalue weighted by Gasteiger charge is 2.44. The molecule has 0 bridgehead atoms. The summed E-state index contributed by atoms with van der Waals surface area (Å²) in [4.78, 5) is 11.0. The van der Waals surface area contributed by atoms with Gasteiger partial charge in [0.1, 0.15) is 0 Å². The summed E-state index contributed by atoms with van der Waals surface area (Å²) in [6, 6.07) is -0.379. The van der Waals surface area contributed by atoms with Gasteiger partial charge in [-0.25, -0.2) is 4.79 Å². The summed E-state index contributed by atoms with van der Waals surface area (Å²) in [5.41, 5.74) is 1.02. The van der Waals surface area contributed by atoms with E-state index < -0.39 is 22.7 Å². The number of allylic oxidation sites excluding steroid dienone is 1. The second-order valence-corrected chi connectivity index (χ2v) is 5.32. The van der Waals surface area contributed by atoms with Crippen LogP contribution in [0.4, 0.5) is 4.79 Å². The number of carbonyl (C=O) groups excluding carboxylic acids is 1. The van der Waals surface area contributed by atoms with Crippen LogP contribution in [0.25, 0.3) is 0 Å². The number of thioether (sulfide) groups is 1. The largest absolute Gasteiger partial charge is 0.395 e. The number of hydrogen-bond donors (Lipinski definition) is 5. The Labute approximate surface area is 102 Å². The number of hydrogen-bond acceptors (Lipinski definition) is 5. The maximum atomic E-state index is 11.0. The van der Waals surface area contributed by atoms with Crippen LogP contribution in [0.2, 0.25) is 0 Å². The first-order valence-electron chi connectivity index (χ1n) is 5.14. The topological polar surface area (TPSA) is 102 Å². The Balaban J connectivity index is 2.18. The van der Waals surface area contributed by atoms with Gasteiger partial charge in [0, 0.05) is 17.5 Å². The van der Waals surface area contributed by atoms with Crippen LogP contribution in [-0.2, 0) is 0 Å². The van der Waals surface area contributed by atoms with E-state index in [-0.39, 0.29) is 12.6 Å². The average Bonchev–Trinajstić information content (AvgIpc) is 2.57. The van der Waals surface area contributed by atoms with E-state index >= 15 is 0 Å². The molecule has 2 amide bonds. The van der Waals surface area contributed by atoms with Crippen molar-refractivity contribution in [2.75, 3.05) is 6.61 Å². The second-order valence-electron chi connectivity index (χ2n) is 3.94. The van der Waals surface area contributed by atoms with E-state index in [9.17, 15) is 15.0 Å². The first kappa shape index (κ1) is 12.4. The summed E-state index contributed by atoms with van der Waals surface area (Å²) in [7, 11) is 0. The molecule has 0 radical (unpaired) electrons. The zero-order valence-corrected chi connectivity index (χ0v) is 9.78. The van der Waals surface area contributed by atoms with Gasteiger partial charge in [0.15, 0.2) is 0 Å². The monoisotopic (exact) mass is 258 g/mol. The van der Waals surface area contributed by atoms with Crippen LogP contribution in [0.15, 0.2) is 24.0 Å². The Morgan fingerprint density at radius 3 is 2.65 bits per heavy atom. The van der Waals surface area contributed by atoms with Gasteiger partial charge < -0.3 is 26.0 Å². The van der Waals surface area contributed by atoms with Crippen molar-refractivity contribution in [3.8, 4) is 0 Å². The van der Waals surface area contributed by atoms with Crippen molar-refractivity contribution >= 4 is 17.8 Å². The third-order valence-electron chi connectivity index (χ3n) is 2.82. The van der Waals surface area contributed by atoms with Gasteiger partial charge in [-0.15, -0.1) is 11.8 Å². The molecule has 2 rings (SSSR count). The van der Waals surface area contributed by atoms with Crippen LogP contribution in [0, 0.1) is 0 Å². The third kappa shape index (κ3) is 2.19. The van der Waals surface area contributed by atoms with Crippen LogP contribution in [0.3, 0.4) is 0 Å². The minimum Gasteiger partial charge on any atom is -0.395 e. The molecule has 1 saturated heterocycles. The highest BCUT2D eigenvalue weighted by Crippen LogP contribution is 2.39. The molecule has 0 saturated carbocycles. The summed E-state index contributed by atoms with van der Waals surface area (Å²) in [6.07, 6.45) is -0.507. The van der Waals surface area contributed by atoms with Crippen molar-refractivity contribution in [1.29, 1.82) is 0 Å². The normalized spacial score (nSPS) is 37.5. The lowest BCUT2D eigenvalue weighted by molar-refractivity contribution is 0.0240. The van der Waals surface area contributed by atoms with Gasteiger partial charge in [-0.3, -0.25) is 0 Å². The Hall–Kier alpha value is -1.02. The molecule has 0 aliphatic carbocycles. The SMILES string of the molecule is C=C1NC(=O)NC=C1[C@@H]1S[C@H](CO)C(O)[C@@H]1O. The molecule has 2 aliphatic heterocycles. The van der Waals surface area contributed by atoms with Crippen molar-refractivity contribution in [3.63, 3.8) is 0 Å². The van der Waals surface area contributed by atoms with E-state index in [0.29, 0.717) is 11.3 Å². The Bertz CT molecular complexity index is 385. The lowest BCUT2D eigenvalue weighted by Gasteiger charge is -2.24. The third-order valence-corrected chi connectivity index (χ3v) is 4.42. The number of urea groups is 1. The number of aliphatic hydroxyl groups excluding tert-OH is 3. The van der Waals surface area contributed by atoms with Gasteiger partial charge in [-0.2, -0.15) is 0 Å². The summed E-state index contributed by atoms with van der Waals surface area (Å²) in [5, 5.41) is 32.8. The number of amides is 2. The van der Waals surface area contributed by atoms with Crippen LogP contribution >= 0.6 is 11.8 Å². The van der Waals surface area contributed by atoms with Crippen LogP contribution in [0.5, 0.6) is 0 Å². The molecule has 6 nitrogen and oxygen atoms in total. The van der Waals surface area contributed by atoms with Gasteiger partial charge in [-0.05, 0) is 0 Å². The molecular formula is C10H14N2O4S. The lowest BCUT2D eigenvalue weighted by Crippen LogP contribution is -2.41. The molecule has 0 spiro atoms. The van der Waals surface area contributed by atoms with Crippen molar-refractivity contribution in [1.82, 2.24) is 10.6 Å². The Morgan fingerprint density at radius 2 is 2.12 bits per heavy atom. The maximum absolute atomic E-state index is 11.0. The lowest BCUT2D eigenvalue weighted by atomic mass is 10.0. The summed E-state index contributed by atoms with van der Waals surface area (Å²) >= 11 is 1.27. The van der Waals surface area contributed by atoms with Gasteiger partial charge in [0.25, 0.3) is 0 Å². The first-order valence-corrected chi connectivity index (χ1v) is 6.08. The number of aliphatic hydroxyl groups is 3. The van der Waals surface area contributed by atoms with Crippen LogP contribution in [-0.4, -0.2) is 50.7 Å².